The topological polar surface area (TPSA) is 37.3 Å². The molecule has 0 bridgehead atoms. The molecular formula is C7H14O2. The zero-order chi connectivity index (χ0) is 7.11. The van der Waals surface area contributed by atoms with E-state index in [-0.39, 0.29) is 6.61 Å². The van der Waals surface area contributed by atoms with Gasteiger partial charge in [-0.25, -0.2) is 0 Å². The first kappa shape index (κ1) is 8.63. The van der Waals surface area contributed by atoms with Crippen molar-refractivity contribution >= 4 is 6.29 Å². The Kier molecular flexibility index (Phi) is 5.52. The van der Waals surface area contributed by atoms with E-state index in [9.17, 15) is 4.79 Å². The summed E-state index contributed by atoms with van der Waals surface area (Å²) < 4.78 is 0. The Bertz CT molecular complexity index is 71.3. The van der Waals surface area contributed by atoms with Gasteiger partial charge in [0.1, 0.15) is 6.29 Å². The molecule has 0 aromatic rings. The van der Waals surface area contributed by atoms with Crippen LogP contribution in [-0.2, 0) is 4.79 Å². The Labute approximate surface area is 55.9 Å². The monoisotopic (exact) mass is 130 g/mol. The van der Waals surface area contributed by atoms with Crippen molar-refractivity contribution in [2.45, 2.75) is 26.2 Å². The van der Waals surface area contributed by atoms with Gasteiger partial charge < -0.3 is 9.90 Å². The molecule has 54 valence electrons. The summed E-state index contributed by atoms with van der Waals surface area (Å²) in [5, 5.41) is 8.48. The number of aldehydes is 1. The van der Waals surface area contributed by atoms with Crippen LogP contribution < -0.4 is 0 Å². The molecular weight excluding hydrogens is 116 g/mol. The minimum Gasteiger partial charge on any atom is -0.396 e. The first-order chi connectivity index (χ1) is 4.35. The molecule has 0 aliphatic carbocycles. The Hall–Kier alpha value is -0.370. The van der Waals surface area contributed by atoms with Gasteiger partial charge in [-0.05, 0) is 12.3 Å². The van der Waals surface area contributed by atoms with Crippen molar-refractivity contribution < 1.29 is 9.90 Å². The Morgan fingerprint density at radius 2 is 2.33 bits per heavy atom. The maximum Gasteiger partial charge on any atom is 0.120 e. The normalized spacial score (nSPS) is 13.1. The largest absolute Gasteiger partial charge is 0.396 e. The Morgan fingerprint density at radius 1 is 1.67 bits per heavy atom. The van der Waals surface area contributed by atoms with Crippen LogP contribution in [0, 0.1) is 5.92 Å². The molecule has 0 saturated carbocycles. The summed E-state index contributed by atoms with van der Waals surface area (Å²) in [6.45, 7) is 2.23. The molecule has 1 atom stereocenters. The van der Waals surface area contributed by atoms with Crippen LogP contribution >= 0.6 is 0 Å². The van der Waals surface area contributed by atoms with Crippen molar-refractivity contribution in [2.75, 3.05) is 6.61 Å². The van der Waals surface area contributed by atoms with Crippen LogP contribution in [0.3, 0.4) is 0 Å². The third-order valence-electron chi connectivity index (χ3n) is 1.54. The molecule has 2 heteroatoms. The van der Waals surface area contributed by atoms with Gasteiger partial charge in [0.25, 0.3) is 0 Å². The van der Waals surface area contributed by atoms with E-state index < -0.39 is 0 Å². The average Bonchev–Trinajstić information content (AvgIpc) is 1.88. The van der Waals surface area contributed by atoms with E-state index in [0.29, 0.717) is 12.3 Å². The van der Waals surface area contributed by atoms with Crippen molar-refractivity contribution in [2.24, 2.45) is 5.92 Å². The molecule has 0 aromatic carbocycles. The molecule has 0 saturated heterocycles. The van der Waals surface area contributed by atoms with E-state index in [2.05, 4.69) is 0 Å². The second-order valence-electron chi connectivity index (χ2n) is 2.19. The number of hydrogen-bond donors (Lipinski definition) is 1. The first-order valence-electron chi connectivity index (χ1n) is 3.39. The maximum atomic E-state index is 9.97. The summed E-state index contributed by atoms with van der Waals surface area (Å²) in [4.78, 5) is 9.97. The summed E-state index contributed by atoms with van der Waals surface area (Å²) in [5.41, 5.74) is 0. The molecule has 0 aliphatic rings. The van der Waals surface area contributed by atoms with E-state index in [0.717, 1.165) is 19.1 Å². The number of rotatable bonds is 5. The molecule has 0 radical (unpaired) electrons. The molecule has 1 unspecified atom stereocenters. The van der Waals surface area contributed by atoms with Gasteiger partial charge in [-0.2, -0.15) is 0 Å². The average molecular weight is 130 g/mol. The van der Waals surface area contributed by atoms with Crippen molar-refractivity contribution in [3.05, 3.63) is 0 Å². The number of carbonyl (C=O) groups is 1. The van der Waals surface area contributed by atoms with Crippen LogP contribution in [0.25, 0.3) is 0 Å². The van der Waals surface area contributed by atoms with Gasteiger partial charge in [0.2, 0.25) is 0 Å². The van der Waals surface area contributed by atoms with Crippen molar-refractivity contribution in [3.8, 4) is 0 Å². The minimum absolute atomic E-state index is 0.201. The van der Waals surface area contributed by atoms with Crippen LogP contribution in [0.1, 0.15) is 26.2 Å². The molecule has 0 aromatic heterocycles. The zero-order valence-corrected chi connectivity index (χ0v) is 5.84. The molecule has 2 nitrogen and oxygen atoms in total. The van der Waals surface area contributed by atoms with Crippen molar-refractivity contribution in [3.63, 3.8) is 0 Å². The smallest absolute Gasteiger partial charge is 0.120 e. The van der Waals surface area contributed by atoms with E-state index in [1.54, 1.807) is 0 Å². The van der Waals surface area contributed by atoms with Gasteiger partial charge in [-0.3, -0.25) is 0 Å². The lowest BCUT2D eigenvalue weighted by molar-refractivity contribution is -0.108. The summed E-state index contributed by atoms with van der Waals surface area (Å²) in [5.74, 6) is 0.396. The van der Waals surface area contributed by atoms with Gasteiger partial charge >= 0.3 is 0 Å². The van der Waals surface area contributed by atoms with E-state index in [4.69, 9.17) is 5.11 Å². The second-order valence-corrected chi connectivity index (χ2v) is 2.19. The highest BCUT2D eigenvalue weighted by atomic mass is 16.3. The second kappa shape index (κ2) is 5.76. The highest BCUT2D eigenvalue weighted by Gasteiger charge is 2.02. The van der Waals surface area contributed by atoms with Crippen molar-refractivity contribution in [1.29, 1.82) is 0 Å². The number of carbonyl (C=O) groups excluding carboxylic acids is 1. The summed E-state index contributed by atoms with van der Waals surface area (Å²) >= 11 is 0. The zero-order valence-electron chi connectivity index (χ0n) is 5.84. The highest BCUT2D eigenvalue weighted by Crippen LogP contribution is 2.09. The van der Waals surface area contributed by atoms with Gasteiger partial charge in [-0.15, -0.1) is 0 Å². The van der Waals surface area contributed by atoms with E-state index >= 15 is 0 Å². The SMILES string of the molecule is CCC(CC=O)CCO. The van der Waals surface area contributed by atoms with Crippen molar-refractivity contribution in [1.82, 2.24) is 0 Å². The van der Waals surface area contributed by atoms with Gasteiger partial charge in [0, 0.05) is 13.0 Å². The first-order valence-corrected chi connectivity index (χ1v) is 3.39. The maximum absolute atomic E-state index is 9.97. The van der Waals surface area contributed by atoms with Gasteiger partial charge in [0.05, 0.1) is 0 Å². The molecule has 0 amide bonds. The van der Waals surface area contributed by atoms with Crippen LogP contribution in [-0.4, -0.2) is 18.0 Å². The molecule has 9 heavy (non-hydrogen) atoms. The highest BCUT2D eigenvalue weighted by molar-refractivity contribution is 5.49. The number of aliphatic hydroxyl groups is 1. The lowest BCUT2D eigenvalue weighted by Gasteiger charge is -2.07. The van der Waals surface area contributed by atoms with Gasteiger partial charge in [0.15, 0.2) is 0 Å². The molecule has 0 spiro atoms. The third-order valence-corrected chi connectivity index (χ3v) is 1.54. The minimum atomic E-state index is 0.201. The third kappa shape index (κ3) is 4.15. The lowest BCUT2D eigenvalue weighted by Crippen LogP contribution is -2.01. The Morgan fingerprint density at radius 3 is 2.67 bits per heavy atom. The quantitative estimate of drug-likeness (QED) is 0.563. The fraction of sp³-hybridized carbons (Fsp3) is 0.857. The van der Waals surface area contributed by atoms with Crippen LogP contribution in [0.2, 0.25) is 0 Å². The molecule has 0 fully saturated rings. The number of hydrogen-bond acceptors (Lipinski definition) is 2. The Balaban J connectivity index is 3.28. The fourth-order valence-corrected chi connectivity index (χ4v) is 0.807. The fourth-order valence-electron chi connectivity index (χ4n) is 0.807. The summed E-state index contributed by atoms with van der Waals surface area (Å²) in [6, 6.07) is 0. The van der Waals surface area contributed by atoms with Crippen LogP contribution in [0.15, 0.2) is 0 Å². The standard InChI is InChI=1S/C7H14O2/c1-2-7(3-5-8)4-6-9/h5,7,9H,2-4,6H2,1H3. The molecule has 1 N–H and O–H groups in total. The summed E-state index contributed by atoms with van der Waals surface area (Å²) in [6.07, 6.45) is 3.26. The predicted octanol–water partition coefficient (Wildman–Crippen LogP) is 0.984. The molecule has 0 heterocycles. The van der Waals surface area contributed by atoms with Gasteiger partial charge in [-0.1, -0.05) is 13.3 Å². The lowest BCUT2D eigenvalue weighted by atomic mass is 10.0. The number of aliphatic hydroxyl groups excluding tert-OH is 1. The van der Waals surface area contributed by atoms with E-state index in [1.807, 2.05) is 6.92 Å². The van der Waals surface area contributed by atoms with Crippen LogP contribution in [0.4, 0.5) is 0 Å². The predicted molar refractivity (Wildman–Crippen MR) is 36.2 cm³/mol. The molecule has 0 aliphatic heterocycles. The van der Waals surface area contributed by atoms with Crippen LogP contribution in [0.5, 0.6) is 0 Å². The summed E-state index contributed by atoms with van der Waals surface area (Å²) in [7, 11) is 0. The molecule has 0 rings (SSSR count). The van der Waals surface area contributed by atoms with E-state index in [1.165, 1.54) is 0 Å².